The summed E-state index contributed by atoms with van der Waals surface area (Å²) in [5.41, 5.74) is 6.61. The van der Waals surface area contributed by atoms with Crippen LogP contribution < -0.4 is 21.7 Å². The summed E-state index contributed by atoms with van der Waals surface area (Å²) >= 11 is 0. The van der Waals surface area contributed by atoms with Crippen molar-refractivity contribution in [1.29, 1.82) is 0 Å². The Hall–Kier alpha value is -3.14. The highest BCUT2D eigenvalue weighted by molar-refractivity contribution is 5.92. The third kappa shape index (κ3) is 10.8. The minimum absolute atomic E-state index is 0.0564. The number of aliphatic carboxylic acids is 1. The first-order valence-electron chi connectivity index (χ1n) is 11.0. The molecule has 0 bridgehead atoms. The first-order valence-corrected chi connectivity index (χ1v) is 11.0. The van der Waals surface area contributed by atoms with Gasteiger partial charge >= 0.3 is 5.97 Å². The minimum Gasteiger partial charge on any atom is -0.508 e. The van der Waals surface area contributed by atoms with E-state index >= 15 is 0 Å². The standard InChI is InChI=1S/C23H36N4O6/c1-13(2)9-17(24)21(30)27-18(11-15-5-7-16(28)8-6-15)22(31)25-12-20(29)26-19(23(32)33)10-14(3)4/h5-8,13-14,17-19,28H,9-12,24H2,1-4H3,(H,25,31)(H,26,29)(H,27,30)(H,32,33). The molecule has 0 heterocycles. The number of rotatable bonds is 13. The molecule has 10 heteroatoms. The topological polar surface area (TPSA) is 171 Å². The fourth-order valence-corrected chi connectivity index (χ4v) is 3.20. The van der Waals surface area contributed by atoms with Gasteiger partial charge in [0.25, 0.3) is 0 Å². The van der Waals surface area contributed by atoms with Gasteiger partial charge in [-0.25, -0.2) is 4.79 Å². The molecule has 0 fully saturated rings. The Kier molecular flexibility index (Phi) is 11.3. The maximum atomic E-state index is 12.8. The number of hydrogen-bond acceptors (Lipinski definition) is 6. The molecule has 3 amide bonds. The summed E-state index contributed by atoms with van der Waals surface area (Å²) in [4.78, 5) is 48.8. The van der Waals surface area contributed by atoms with E-state index in [4.69, 9.17) is 5.73 Å². The zero-order valence-corrected chi connectivity index (χ0v) is 19.6. The predicted octanol–water partition coefficient (Wildman–Crippen LogP) is 0.525. The van der Waals surface area contributed by atoms with Gasteiger partial charge in [-0.1, -0.05) is 39.8 Å². The lowest BCUT2D eigenvalue weighted by atomic mass is 10.0. The van der Waals surface area contributed by atoms with Crippen LogP contribution in [0.1, 0.15) is 46.1 Å². The average molecular weight is 465 g/mol. The lowest BCUT2D eigenvalue weighted by Crippen LogP contribution is -2.54. The number of carbonyl (C=O) groups excluding carboxylic acids is 3. The molecule has 0 saturated heterocycles. The van der Waals surface area contributed by atoms with Gasteiger partial charge in [0, 0.05) is 6.42 Å². The van der Waals surface area contributed by atoms with Gasteiger partial charge < -0.3 is 31.9 Å². The number of carboxylic acids is 1. The molecule has 1 aromatic carbocycles. The van der Waals surface area contributed by atoms with Crippen LogP contribution in [-0.4, -0.2) is 58.6 Å². The van der Waals surface area contributed by atoms with Crippen LogP contribution in [0, 0.1) is 11.8 Å². The second kappa shape index (κ2) is 13.4. The first-order chi connectivity index (χ1) is 15.4. The largest absolute Gasteiger partial charge is 0.508 e. The maximum Gasteiger partial charge on any atom is 0.326 e. The molecular formula is C23H36N4O6. The fourth-order valence-electron chi connectivity index (χ4n) is 3.20. The number of hydrogen-bond donors (Lipinski definition) is 6. The van der Waals surface area contributed by atoms with Crippen molar-refractivity contribution in [3.8, 4) is 5.75 Å². The minimum atomic E-state index is -1.15. The summed E-state index contributed by atoms with van der Waals surface area (Å²) < 4.78 is 0. The molecule has 3 unspecified atom stereocenters. The number of amides is 3. The molecule has 0 saturated carbocycles. The van der Waals surface area contributed by atoms with Crippen molar-refractivity contribution in [2.45, 2.75) is 65.1 Å². The van der Waals surface area contributed by atoms with Crippen LogP contribution in [0.3, 0.4) is 0 Å². The van der Waals surface area contributed by atoms with Gasteiger partial charge in [-0.15, -0.1) is 0 Å². The Morgan fingerprint density at radius 2 is 1.45 bits per heavy atom. The van der Waals surface area contributed by atoms with Gasteiger partial charge in [0.05, 0.1) is 12.6 Å². The number of phenolic OH excluding ortho intramolecular Hbond substituents is 1. The van der Waals surface area contributed by atoms with Crippen LogP contribution in [0.25, 0.3) is 0 Å². The van der Waals surface area contributed by atoms with Crippen LogP contribution in [-0.2, 0) is 25.6 Å². The Morgan fingerprint density at radius 1 is 0.879 bits per heavy atom. The smallest absolute Gasteiger partial charge is 0.326 e. The number of carbonyl (C=O) groups is 4. The van der Waals surface area contributed by atoms with Crippen molar-refractivity contribution in [3.05, 3.63) is 29.8 Å². The fraction of sp³-hybridized carbons (Fsp3) is 0.565. The van der Waals surface area contributed by atoms with Gasteiger partial charge in [0.15, 0.2) is 0 Å². The number of nitrogens with two attached hydrogens (primary N) is 1. The Labute approximate surface area is 194 Å². The summed E-state index contributed by atoms with van der Waals surface area (Å²) in [6.07, 6.45) is 0.801. The highest BCUT2D eigenvalue weighted by Gasteiger charge is 2.26. The molecule has 3 atom stereocenters. The SMILES string of the molecule is CC(C)CC(N)C(=O)NC(Cc1ccc(O)cc1)C(=O)NCC(=O)NC(CC(C)C)C(=O)O. The highest BCUT2D eigenvalue weighted by Crippen LogP contribution is 2.12. The van der Waals surface area contributed by atoms with Gasteiger partial charge in [-0.05, 0) is 42.4 Å². The summed E-state index contributed by atoms with van der Waals surface area (Å²) in [6, 6.07) is 3.29. The average Bonchev–Trinajstić information content (AvgIpc) is 2.71. The lowest BCUT2D eigenvalue weighted by Gasteiger charge is -2.22. The van der Waals surface area contributed by atoms with Gasteiger partial charge in [-0.2, -0.15) is 0 Å². The third-order valence-electron chi connectivity index (χ3n) is 4.83. The molecule has 0 aliphatic heterocycles. The van der Waals surface area contributed by atoms with Gasteiger partial charge in [0.1, 0.15) is 17.8 Å². The van der Waals surface area contributed by atoms with E-state index in [-0.39, 0.29) is 30.4 Å². The van der Waals surface area contributed by atoms with E-state index in [9.17, 15) is 29.4 Å². The summed E-state index contributed by atoms with van der Waals surface area (Å²) in [7, 11) is 0. The molecule has 10 nitrogen and oxygen atoms in total. The van der Waals surface area contributed by atoms with Crippen LogP contribution in [0.4, 0.5) is 0 Å². The highest BCUT2D eigenvalue weighted by atomic mass is 16.4. The van der Waals surface area contributed by atoms with Gasteiger partial charge in [0.2, 0.25) is 17.7 Å². The molecule has 0 spiro atoms. The van der Waals surface area contributed by atoms with E-state index in [1.807, 2.05) is 27.7 Å². The molecule has 0 aromatic heterocycles. The molecule has 7 N–H and O–H groups in total. The molecule has 0 aliphatic rings. The van der Waals surface area contributed by atoms with Crippen LogP contribution in [0.2, 0.25) is 0 Å². The van der Waals surface area contributed by atoms with Crippen LogP contribution >= 0.6 is 0 Å². The zero-order chi connectivity index (χ0) is 25.1. The molecular weight excluding hydrogens is 428 g/mol. The van der Waals surface area contributed by atoms with Crippen molar-refractivity contribution in [1.82, 2.24) is 16.0 Å². The van der Waals surface area contributed by atoms with E-state index in [1.54, 1.807) is 12.1 Å². The van der Waals surface area contributed by atoms with E-state index < -0.39 is 48.4 Å². The molecule has 184 valence electrons. The second-order valence-corrected chi connectivity index (χ2v) is 8.97. The van der Waals surface area contributed by atoms with Crippen molar-refractivity contribution in [3.63, 3.8) is 0 Å². The third-order valence-corrected chi connectivity index (χ3v) is 4.83. The second-order valence-electron chi connectivity index (χ2n) is 8.97. The van der Waals surface area contributed by atoms with Gasteiger partial charge in [-0.3, -0.25) is 14.4 Å². The number of aromatic hydroxyl groups is 1. The molecule has 33 heavy (non-hydrogen) atoms. The Morgan fingerprint density at radius 3 is 1.97 bits per heavy atom. The lowest BCUT2D eigenvalue weighted by molar-refractivity contribution is -0.142. The van der Waals surface area contributed by atoms with Crippen molar-refractivity contribution in [2.75, 3.05) is 6.54 Å². The number of phenols is 1. The van der Waals surface area contributed by atoms with Crippen molar-refractivity contribution in [2.24, 2.45) is 17.6 Å². The van der Waals surface area contributed by atoms with E-state index in [1.165, 1.54) is 12.1 Å². The number of benzene rings is 1. The molecule has 0 aliphatic carbocycles. The summed E-state index contributed by atoms with van der Waals surface area (Å²) in [6.45, 7) is 7.09. The molecule has 0 radical (unpaired) electrons. The zero-order valence-electron chi connectivity index (χ0n) is 19.6. The van der Waals surface area contributed by atoms with Crippen LogP contribution in [0.15, 0.2) is 24.3 Å². The van der Waals surface area contributed by atoms with E-state index in [2.05, 4.69) is 16.0 Å². The maximum absolute atomic E-state index is 12.8. The molecule has 1 rings (SSSR count). The number of carboxylic acid groups (broad SMARTS) is 1. The first kappa shape index (κ1) is 27.9. The van der Waals surface area contributed by atoms with Crippen LogP contribution in [0.5, 0.6) is 5.75 Å². The van der Waals surface area contributed by atoms with E-state index in [0.29, 0.717) is 12.0 Å². The summed E-state index contributed by atoms with van der Waals surface area (Å²) in [5.74, 6) is -2.60. The monoisotopic (exact) mass is 464 g/mol. The van der Waals surface area contributed by atoms with Crippen molar-refractivity contribution >= 4 is 23.7 Å². The van der Waals surface area contributed by atoms with Crippen molar-refractivity contribution < 1.29 is 29.4 Å². The number of nitrogens with one attached hydrogen (secondary N) is 3. The Bertz CT molecular complexity index is 810. The summed E-state index contributed by atoms with van der Waals surface area (Å²) in [5, 5.41) is 26.2. The quantitative estimate of drug-likeness (QED) is 0.247. The predicted molar refractivity (Wildman–Crippen MR) is 123 cm³/mol. The van der Waals surface area contributed by atoms with E-state index in [0.717, 1.165) is 0 Å². The molecule has 1 aromatic rings. The normalized spacial score (nSPS) is 13.8. The Balaban J connectivity index is 2.83.